The van der Waals surface area contributed by atoms with Gasteiger partial charge in [0.05, 0.1) is 11.2 Å². The van der Waals surface area contributed by atoms with Crippen molar-refractivity contribution in [1.82, 2.24) is 0 Å². The third-order valence-electron chi connectivity index (χ3n) is 1.50. The van der Waals surface area contributed by atoms with E-state index in [0.29, 0.717) is 6.42 Å². The molecule has 0 aromatic rings. The van der Waals surface area contributed by atoms with Gasteiger partial charge < -0.3 is 10.2 Å². The van der Waals surface area contributed by atoms with Crippen LogP contribution in [0.1, 0.15) is 27.2 Å². The smallest absolute Gasteiger partial charge is 0.0831 e. The summed E-state index contributed by atoms with van der Waals surface area (Å²) in [6.45, 7) is 8.55. The Morgan fingerprint density at radius 2 is 1.75 bits per heavy atom. The van der Waals surface area contributed by atoms with Crippen molar-refractivity contribution in [2.45, 2.75) is 38.4 Å². The first kappa shape index (κ1) is 11.4. The molecule has 2 nitrogen and oxygen atoms in total. The van der Waals surface area contributed by atoms with Gasteiger partial charge in [0, 0.05) is 0 Å². The highest BCUT2D eigenvalue weighted by Crippen LogP contribution is 2.12. The van der Waals surface area contributed by atoms with Crippen LogP contribution >= 0.6 is 0 Å². The largest absolute Gasteiger partial charge is 0.386 e. The molecule has 0 saturated carbocycles. The summed E-state index contributed by atoms with van der Waals surface area (Å²) in [4.78, 5) is 0. The van der Waals surface area contributed by atoms with E-state index >= 15 is 0 Å². The highest BCUT2D eigenvalue weighted by molar-refractivity contribution is 5.02. The zero-order valence-corrected chi connectivity index (χ0v) is 8.04. The molecule has 0 aliphatic heterocycles. The number of rotatable bonds is 4. The second-order valence-electron chi connectivity index (χ2n) is 3.82. The van der Waals surface area contributed by atoms with Crippen LogP contribution in [0.25, 0.3) is 0 Å². The van der Waals surface area contributed by atoms with Gasteiger partial charge in [-0.3, -0.25) is 0 Å². The van der Waals surface area contributed by atoms with E-state index < -0.39 is 11.2 Å². The Balaban J connectivity index is 3.99. The summed E-state index contributed by atoms with van der Waals surface area (Å²) in [7, 11) is 0. The quantitative estimate of drug-likeness (QED) is 0.630. The summed E-state index contributed by atoms with van der Waals surface area (Å²) in [6, 6.07) is 0. The number of hydrogen-bond donors (Lipinski definition) is 2. The van der Waals surface area contributed by atoms with Crippen molar-refractivity contribution in [3.63, 3.8) is 0 Å². The monoisotopic (exact) mass is 170 g/mol. The Morgan fingerprint density at radius 3 is 2.08 bits per heavy atom. The molecule has 0 unspecified atom stereocenters. The van der Waals surface area contributed by atoms with Crippen LogP contribution < -0.4 is 0 Å². The van der Waals surface area contributed by atoms with Crippen LogP contribution in [-0.2, 0) is 0 Å². The van der Waals surface area contributed by atoms with Gasteiger partial charge in [-0.2, -0.15) is 0 Å². The van der Waals surface area contributed by atoms with E-state index in [2.05, 4.69) is 6.58 Å². The van der Waals surface area contributed by atoms with Gasteiger partial charge in [-0.1, -0.05) is 18.2 Å². The van der Waals surface area contributed by atoms with Crippen LogP contribution in [0.2, 0.25) is 0 Å². The van der Waals surface area contributed by atoms with Crippen molar-refractivity contribution >= 4 is 0 Å². The first-order valence-electron chi connectivity index (χ1n) is 4.03. The predicted molar refractivity (Wildman–Crippen MR) is 50.9 cm³/mol. The Kier molecular flexibility index (Phi) is 3.68. The second-order valence-corrected chi connectivity index (χ2v) is 3.82. The molecule has 0 aliphatic rings. The lowest BCUT2D eigenvalue weighted by molar-refractivity contribution is 0.112. The molecule has 2 heteroatoms. The van der Waals surface area contributed by atoms with Gasteiger partial charge in [0.15, 0.2) is 0 Å². The molecule has 0 bridgehead atoms. The maximum atomic E-state index is 9.47. The average molecular weight is 170 g/mol. The molecule has 1 atom stereocenters. The van der Waals surface area contributed by atoms with E-state index in [1.165, 1.54) is 6.08 Å². The average Bonchev–Trinajstić information content (AvgIpc) is 1.84. The lowest BCUT2D eigenvalue weighted by Crippen LogP contribution is -2.20. The molecule has 2 N–H and O–H groups in total. The topological polar surface area (TPSA) is 40.5 Å². The van der Waals surface area contributed by atoms with Crippen LogP contribution in [0.4, 0.5) is 0 Å². The molecular weight excluding hydrogens is 152 g/mol. The van der Waals surface area contributed by atoms with Gasteiger partial charge in [-0.15, -0.1) is 6.58 Å². The lowest BCUT2D eigenvalue weighted by atomic mass is 10.0. The third-order valence-corrected chi connectivity index (χ3v) is 1.50. The standard InChI is InChI=1S/C10H18O2/c1-5-10(4,12)8-6-7-9(2,3)11/h5-7,11-12H,1,8H2,2-4H3/t10-/m0/s1. The molecule has 0 radical (unpaired) electrons. The van der Waals surface area contributed by atoms with E-state index in [1.807, 2.05) is 0 Å². The SMILES string of the molecule is C=C[C@](C)(O)CC=CC(C)(C)O. The van der Waals surface area contributed by atoms with Crippen LogP contribution in [-0.4, -0.2) is 21.4 Å². The predicted octanol–water partition coefficient (Wildman–Crippen LogP) is 1.64. The van der Waals surface area contributed by atoms with Crippen molar-refractivity contribution in [1.29, 1.82) is 0 Å². The molecule has 0 amide bonds. The zero-order chi connectivity index (χ0) is 9.83. The normalized spacial score (nSPS) is 17.8. The minimum Gasteiger partial charge on any atom is -0.386 e. The molecule has 0 fully saturated rings. The maximum absolute atomic E-state index is 9.47. The van der Waals surface area contributed by atoms with Gasteiger partial charge in [-0.05, 0) is 27.2 Å². The summed E-state index contributed by atoms with van der Waals surface area (Å²) < 4.78 is 0. The van der Waals surface area contributed by atoms with E-state index in [9.17, 15) is 10.2 Å². The van der Waals surface area contributed by atoms with Crippen molar-refractivity contribution in [2.24, 2.45) is 0 Å². The molecule has 0 aromatic heterocycles. The molecule has 70 valence electrons. The van der Waals surface area contributed by atoms with Gasteiger partial charge >= 0.3 is 0 Å². The second kappa shape index (κ2) is 3.87. The first-order valence-corrected chi connectivity index (χ1v) is 4.03. The highest BCUT2D eigenvalue weighted by atomic mass is 16.3. The van der Waals surface area contributed by atoms with E-state index in [4.69, 9.17) is 0 Å². The molecule has 0 heterocycles. The van der Waals surface area contributed by atoms with Gasteiger partial charge in [0.25, 0.3) is 0 Å². The fourth-order valence-electron chi connectivity index (χ4n) is 0.669. The van der Waals surface area contributed by atoms with Crippen LogP contribution in [0.5, 0.6) is 0 Å². The Labute approximate surface area is 74.2 Å². The summed E-state index contributed by atoms with van der Waals surface area (Å²) >= 11 is 0. The van der Waals surface area contributed by atoms with Crippen molar-refractivity contribution < 1.29 is 10.2 Å². The zero-order valence-electron chi connectivity index (χ0n) is 8.04. The summed E-state index contributed by atoms with van der Waals surface area (Å²) in [6.07, 6.45) is 5.37. The molecule has 0 saturated heterocycles. The van der Waals surface area contributed by atoms with Crippen LogP contribution in [0.3, 0.4) is 0 Å². The summed E-state index contributed by atoms with van der Waals surface area (Å²) in [5, 5.41) is 18.8. The minimum atomic E-state index is -0.873. The van der Waals surface area contributed by atoms with E-state index in [-0.39, 0.29) is 0 Å². The number of aliphatic hydroxyl groups is 2. The molecule has 0 rings (SSSR count). The first-order chi connectivity index (χ1) is 5.27. The highest BCUT2D eigenvalue weighted by Gasteiger charge is 2.13. The van der Waals surface area contributed by atoms with Crippen molar-refractivity contribution in [2.75, 3.05) is 0 Å². The summed E-state index contributed by atoms with van der Waals surface area (Å²) in [5.74, 6) is 0. The lowest BCUT2D eigenvalue weighted by Gasteiger charge is -2.16. The Morgan fingerprint density at radius 1 is 1.25 bits per heavy atom. The maximum Gasteiger partial charge on any atom is 0.0831 e. The number of hydrogen-bond acceptors (Lipinski definition) is 2. The summed E-state index contributed by atoms with van der Waals surface area (Å²) in [5.41, 5.74) is -1.68. The fourth-order valence-corrected chi connectivity index (χ4v) is 0.669. The van der Waals surface area contributed by atoms with Crippen molar-refractivity contribution in [3.8, 4) is 0 Å². The Hall–Kier alpha value is -0.600. The molecule has 12 heavy (non-hydrogen) atoms. The van der Waals surface area contributed by atoms with Crippen molar-refractivity contribution in [3.05, 3.63) is 24.8 Å². The van der Waals surface area contributed by atoms with E-state index in [0.717, 1.165) is 0 Å². The molecule has 0 spiro atoms. The van der Waals surface area contributed by atoms with E-state index in [1.54, 1.807) is 32.9 Å². The molecular formula is C10H18O2. The third kappa shape index (κ3) is 6.13. The van der Waals surface area contributed by atoms with Gasteiger partial charge in [0.1, 0.15) is 0 Å². The van der Waals surface area contributed by atoms with Crippen LogP contribution in [0.15, 0.2) is 24.8 Å². The minimum absolute atomic E-state index is 0.473. The molecule has 0 aliphatic carbocycles. The van der Waals surface area contributed by atoms with Gasteiger partial charge in [0.2, 0.25) is 0 Å². The Bertz CT molecular complexity index is 173. The van der Waals surface area contributed by atoms with Gasteiger partial charge in [-0.25, -0.2) is 0 Å². The van der Waals surface area contributed by atoms with Crippen LogP contribution in [0, 0.1) is 0 Å². The molecule has 0 aromatic carbocycles. The fraction of sp³-hybridized carbons (Fsp3) is 0.600.